The first-order chi connectivity index (χ1) is 10.1. The highest BCUT2D eigenvalue weighted by atomic mass is 16.5. The fourth-order valence-electron chi connectivity index (χ4n) is 1.67. The van der Waals surface area contributed by atoms with Gasteiger partial charge in [0.25, 0.3) is 5.56 Å². The van der Waals surface area contributed by atoms with Gasteiger partial charge < -0.3 is 19.6 Å². The number of aromatic nitrogens is 2. The van der Waals surface area contributed by atoms with Crippen molar-refractivity contribution in [1.29, 1.82) is 0 Å². The Morgan fingerprint density at radius 3 is 2.57 bits per heavy atom. The first kappa shape index (κ1) is 14.6. The summed E-state index contributed by atoms with van der Waals surface area (Å²) in [5, 5.41) is 8.83. The van der Waals surface area contributed by atoms with Crippen molar-refractivity contribution < 1.29 is 19.4 Å². The van der Waals surface area contributed by atoms with Gasteiger partial charge in [-0.25, -0.2) is 9.78 Å². The highest BCUT2D eigenvalue weighted by molar-refractivity contribution is 5.85. The number of carbonyl (C=O) groups is 1. The van der Waals surface area contributed by atoms with Crippen LogP contribution in [0.4, 0.5) is 0 Å². The molecule has 0 radical (unpaired) electrons. The minimum atomic E-state index is -1.24. The Hall–Kier alpha value is -2.83. The minimum absolute atomic E-state index is 0.262. The van der Waals surface area contributed by atoms with E-state index in [1.54, 1.807) is 31.4 Å². The quantitative estimate of drug-likeness (QED) is 0.826. The second-order valence-electron chi connectivity index (χ2n) is 4.16. The molecule has 0 aliphatic carbocycles. The van der Waals surface area contributed by atoms with Crippen molar-refractivity contribution in [1.82, 2.24) is 9.97 Å². The molecule has 2 N–H and O–H groups in total. The molecule has 0 amide bonds. The summed E-state index contributed by atoms with van der Waals surface area (Å²) in [6.07, 6.45) is 0.294. The second-order valence-corrected chi connectivity index (χ2v) is 4.16. The zero-order valence-corrected chi connectivity index (χ0v) is 11.3. The molecule has 0 spiro atoms. The lowest BCUT2D eigenvalue weighted by molar-refractivity contribution is 0.0689. The molecule has 1 aromatic heterocycles. The van der Waals surface area contributed by atoms with Gasteiger partial charge >= 0.3 is 5.97 Å². The molecule has 21 heavy (non-hydrogen) atoms. The van der Waals surface area contributed by atoms with Crippen LogP contribution in [0.3, 0.4) is 0 Å². The van der Waals surface area contributed by atoms with E-state index >= 15 is 0 Å². The van der Waals surface area contributed by atoms with Crippen LogP contribution >= 0.6 is 0 Å². The van der Waals surface area contributed by atoms with Gasteiger partial charge in [0.2, 0.25) is 0 Å². The maximum Gasteiger partial charge on any atom is 0.354 e. The Balaban J connectivity index is 1.96. The van der Waals surface area contributed by atoms with Crippen LogP contribution in [0, 0.1) is 0 Å². The maximum atomic E-state index is 11.3. The molecular weight excluding hydrogens is 276 g/mol. The van der Waals surface area contributed by atoms with Crippen LogP contribution in [0.15, 0.2) is 35.1 Å². The zero-order chi connectivity index (χ0) is 15.2. The van der Waals surface area contributed by atoms with Crippen molar-refractivity contribution >= 4 is 5.97 Å². The number of ether oxygens (including phenoxy) is 2. The highest BCUT2D eigenvalue weighted by Crippen LogP contribution is 2.16. The number of aromatic amines is 1. The number of nitrogens with one attached hydrogen (secondary N) is 1. The van der Waals surface area contributed by atoms with Gasteiger partial charge in [-0.1, -0.05) is 0 Å². The van der Waals surface area contributed by atoms with Gasteiger partial charge in [0.05, 0.1) is 13.7 Å². The topological polar surface area (TPSA) is 102 Å². The number of aromatic carboxylic acids is 1. The number of rotatable bonds is 6. The van der Waals surface area contributed by atoms with Crippen molar-refractivity contribution in [3.05, 3.63) is 52.2 Å². The second kappa shape index (κ2) is 6.56. The molecule has 0 atom stereocenters. The number of methoxy groups -OCH3 is 1. The van der Waals surface area contributed by atoms with Gasteiger partial charge in [0.1, 0.15) is 17.3 Å². The van der Waals surface area contributed by atoms with E-state index in [-0.39, 0.29) is 18.1 Å². The molecule has 7 nitrogen and oxygen atoms in total. The fourth-order valence-corrected chi connectivity index (χ4v) is 1.67. The van der Waals surface area contributed by atoms with Crippen LogP contribution in [0.25, 0.3) is 0 Å². The van der Waals surface area contributed by atoms with Crippen molar-refractivity contribution in [3.63, 3.8) is 0 Å². The van der Waals surface area contributed by atoms with E-state index in [0.717, 1.165) is 11.8 Å². The first-order valence-electron chi connectivity index (χ1n) is 6.19. The molecule has 0 saturated heterocycles. The molecule has 1 heterocycles. The van der Waals surface area contributed by atoms with Crippen LogP contribution in [0.1, 0.15) is 16.3 Å². The molecule has 0 aliphatic heterocycles. The van der Waals surface area contributed by atoms with Crippen LogP contribution in [0.2, 0.25) is 0 Å². The van der Waals surface area contributed by atoms with Crippen LogP contribution in [-0.2, 0) is 6.42 Å². The number of benzene rings is 1. The normalized spacial score (nSPS) is 10.1. The molecular formula is C14H14N2O5. The third-order valence-electron chi connectivity index (χ3n) is 2.68. The third kappa shape index (κ3) is 4.07. The lowest BCUT2D eigenvalue weighted by atomic mass is 10.3. The van der Waals surface area contributed by atoms with Gasteiger partial charge in [-0.2, -0.15) is 0 Å². The summed E-state index contributed by atoms with van der Waals surface area (Å²) < 4.78 is 10.5. The summed E-state index contributed by atoms with van der Waals surface area (Å²) in [7, 11) is 1.58. The van der Waals surface area contributed by atoms with Crippen LogP contribution in [-0.4, -0.2) is 34.8 Å². The Kier molecular flexibility index (Phi) is 4.55. The number of carboxylic acid groups (broad SMARTS) is 1. The average molecular weight is 290 g/mol. The Labute approximate surface area is 120 Å². The molecule has 0 fully saturated rings. The van der Waals surface area contributed by atoms with E-state index in [4.69, 9.17) is 14.6 Å². The third-order valence-corrected chi connectivity index (χ3v) is 2.68. The molecule has 1 aromatic carbocycles. The summed E-state index contributed by atoms with van der Waals surface area (Å²) in [6.45, 7) is 0.262. The monoisotopic (exact) mass is 290 g/mol. The maximum absolute atomic E-state index is 11.3. The Morgan fingerprint density at radius 1 is 1.29 bits per heavy atom. The van der Waals surface area contributed by atoms with E-state index in [2.05, 4.69) is 9.97 Å². The number of nitrogens with zero attached hydrogens (tertiary/aromatic N) is 1. The molecule has 0 unspecified atom stereocenters. The molecule has 7 heteroatoms. The van der Waals surface area contributed by atoms with E-state index in [0.29, 0.717) is 12.2 Å². The number of H-pyrrole nitrogens is 1. The van der Waals surface area contributed by atoms with Gasteiger partial charge in [-0.05, 0) is 24.3 Å². The largest absolute Gasteiger partial charge is 0.497 e. The average Bonchev–Trinajstić information content (AvgIpc) is 2.47. The van der Waals surface area contributed by atoms with E-state index in [1.165, 1.54) is 0 Å². The smallest absolute Gasteiger partial charge is 0.354 e. The summed E-state index contributed by atoms with van der Waals surface area (Å²) in [4.78, 5) is 28.4. The summed E-state index contributed by atoms with van der Waals surface area (Å²) in [5.41, 5.74) is -0.778. The van der Waals surface area contributed by atoms with E-state index in [9.17, 15) is 9.59 Å². The first-order valence-corrected chi connectivity index (χ1v) is 6.19. The van der Waals surface area contributed by atoms with Gasteiger partial charge in [0, 0.05) is 12.5 Å². The lowest BCUT2D eigenvalue weighted by Crippen LogP contribution is -2.17. The summed E-state index contributed by atoms with van der Waals surface area (Å²) in [5.74, 6) is 0.405. The molecule has 0 bridgehead atoms. The summed E-state index contributed by atoms with van der Waals surface area (Å²) >= 11 is 0. The van der Waals surface area contributed by atoms with E-state index in [1.807, 2.05) is 0 Å². The standard InChI is InChI=1S/C14H14N2O5/c1-20-9-2-4-10(5-3-9)21-7-6-12-15-11(14(18)19)8-13(17)16-12/h2-5,8H,6-7H2,1H3,(H,18,19)(H,15,16,17). The Bertz CT molecular complexity index is 679. The lowest BCUT2D eigenvalue weighted by Gasteiger charge is -2.07. The predicted octanol–water partition coefficient (Wildman–Crippen LogP) is 1.10. The molecule has 0 saturated carbocycles. The summed E-state index contributed by atoms with van der Waals surface area (Å²) in [6, 6.07) is 7.97. The van der Waals surface area contributed by atoms with Crippen molar-refractivity contribution in [2.45, 2.75) is 6.42 Å². The minimum Gasteiger partial charge on any atom is -0.497 e. The highest BCUT2D eigenvalue weighted by Gasteiger charge is 2.08. The van der Waals surface area contributed by atoms with Gasteiger partial charge in [-0.15, -0.1) is 0 Å². The van der Waals surface area contributed by atoms with Crippen molar-refractivity contribution in [3.8, 4) is 11.5 Å². The number of hydrogen-bond acceptors (Lipinski definition) is 5. The van der Waals surface area contributed by atoms with E-state index < -0.39 is 11.5 Å². The predicted molar refractivity (Wildman–Crippen MR) is 74.0 cm³/mol. The molecule has 0 aliphatic rings. The molecule has 110 valence electrons. The molecule has 2 rings (SSSR count). The zero-order valence-electron chi connectivity index (χ0n) is 11.3. The Morgan fingerprint density at radius 2 is 1.95 bits per heavy atom. The van der Waals surface area contributed by atoms with Crippen molar-refractivity contribution in [2.75, 3.05) is 13.7 Å². The van der Waals surface area contributed by atoms with Gasteiger partial charge in [0.15, 0.2) is 5.69 Å². The van der Waals surface area contributed by atoms with Crippen LogP contribution in [0.5, 0.6) is 11.5 Å². The molecule has 2 aromatic rings. The fraction of sp³-hybridized carbons (Fsp3) is 0.214. The number of carboxylic acids is 1. The SMILES string of the molecule is COc1ccc(OCCc2nc(C(=O)O)cc(=O)[nH]2)cc1. The van der Waals surface area contributed by atoms with Crippen molar-refractivity contribution in [2.24, 2.45) is 0 Å². The number of hydrogen-bond donors (Lipinski definition) is 2. The van der Waals surface area contributed by atoms with Crippen LogP contribution < -0.4 is 15.0 Å². The van der Waals surface area contributed by atoms with Gasteiger partial charge in [-0.3, -0.25) is 4.79 Å².